The summed E-state index contributed by atoms with van der Waals surface area (Å²) in [5, 5.41) is 0. The number of aryl methyl sites for hydroxylation is 1. The molecule has 1 fully saturated rings. The molecular weight excluding hydrogens is 382 g/mol. The van der Waals surface area contributed by atoms with Crippen molar-refractivity contribution in [2.24, 2.45) is 5.92 Å². The molecule has 1 atom stereocenters. The summed E-state index contributed by atoms with van der Waals surface area (Å²) in [5.41, 5.74) is 2.53. The highest BCUT2D eigenvalue weighted by Gasteiger charge is 2.31. The third-order valence-electron chi connectivity index (χ3n) is 5.98. The molecule has 2 aromatic rings. The number of rotatable bonds is 4. The fourth-order valence-corrected chi connectivity index (χ4v) is 5.52. The molecule has 6 heteroatoms. The van der Waals surface area contributed by atoms with E-state index in [1.807, 2.05) is 12.1 Å². The molecule has 0 bridgehead atoms. The van der Waals surface area contributed by atoms with Gasteiger partial charge in [0.25, 0.3) is 5.91 Å². The summed E-state index contributed by atoms with van der Waals surface area (Å²) in [6.45, 7) is 4.43. The van der Waals surface area contributed by atoms with E-state index in [1.165, 1.54) is 16.0 Å². The van der Waals surface area contributed by atoms with Crippen molar-refractivity contribution in [3.8, 4) is 0 Å². The average molecular weight is 412 g/mol. The zero-order chi connectivity index (χ0) is 20.4. The Hall–Kier alpha value is -2.18. The Kier molecular flexibility index (Phi) is 6.01. The fraction of sp³-hybridized carbons (Fsp3) is 0.478. The van der Waals surface area contributed by atoms with Crippen molar-refractivity contribution in [1.29, 1.82) is 0 Å². The van der Waals surface area contributed by atoms with Gasteiger partial charge in [-0.3, -0.25) is 14.5 Å². The molecule has 1 aromatic heterocycles. The molecule has 2 heterocycles. The van der Waals surface area contributed by atoms with Gasteiger partial charge < -0.3 is 9.80 Å². The Bertz CT molecular complexity index is 870. The van der Waals surface area contributed by atoms with Crippen LogP contribution in [0.1, 0.15) is 32.1 Å². The molecule has 29 heavy (non-hydrogen) atoms. The van der Waals surface area contributed by atoms with Gasteiger partial charge in [-0.2, -0.15) is 0 Å². The summed E-state index contributed by atoms with van der Waals surface area (Å²) in [5.74, 6) is 0.406. The van der Waals surface area contributed by atoms with Crippen LogP contribution in [-0.2, 0) is 24.2 Å². The summed E-state index contributed by atoms with van der Waals surface area (Å²) < 4.78 is 0. The molecular formula is C23H29N3O2S. The molecule has 2 amide bonds. The third kappa shape index (κ3) is 4.54. The van der Waals surface area contributed by atoms with Crippen LogP contribution < -0.4 is 0 Å². The lowest BCUT2D eigenvalue weighted by atomic mass is 9.87. The number of benzene rings is 1. The van der Waals surface area contributed by atoms with Crippen molar-refractivity contribution in [2.75, 3.05) is 40.3 Å². The van der Waals surface area contributed by atoms with Crippen molar-refractivity contribution in [3.05, 3.63) is 57.3 Å². The van der Waals surface area contributed by atoms with Gasteiger partial charge in [-0.15, -0.1) is 11.3 Å². The second-order valence-electron chi connectivity index (χ2n) is 8.29. The van der Waals surface area contributed by atoms with Gasteiger partial charge >= 0.3 is 0 Å². The molecule has 0 spiro atoms. The van der Waals surface area contributed by atoms with Gasteiger partial charge in [0, 0.05) is 57.6 Å². The molecule has 1 saturated heterocycles. The van der Waals surface area contributed by atoms with Crippen LogP contribution in [0.3, 0.4) is 0 Å². The second kappa shape index (κ2) is 8.67. The smallest absolute Gasteiger partial charge is 0.263 e. The van der Waals surface area contributed by atoms with Crippen LogP contribution in [0.25, 0.3) is 0 Å². The van der Waals surface area contributed by atoms with E-state index in [1.54, 1.807) is 30.3 Å². The summed E-state index contributed by atoms with van der Waals surface area (Å²) in [7, 11) is 3.57. The highest BCUT2D eigenvalue weighted by Crippen LogP contribution is 2.33. The van der Waals surface area contributed by atoms with Crippen LogP contribution >= 0.6 is 11.3 Å². The maximum atomic E-state index is 13.1. The first-order valence-corrected chi connectivity index (χ1v) is 11.2. The van der Waals surface area contributed by atoms with Crippen LogP contribution in [0.2, 0.25) is 0 Å². The Morgan fingerprint density at radius 2 is 1.83 bits per heavy atom. The van der Waals surface area contributed by atoms with E-state index in [2.05, 4.69) is 34.1 Å². The molecule has 154 valence electrons. The normalized spacial score (nSPS) is 19.7. The van der Waals surface area contributed by atoms with Gasteiger partial charge in [-0.1, -0.05) is 30.3 Å². The number of hydrogen-bond acceptors (Lipinski definition) is 4. The molecule has 0 saturated carbocycles. The van der Waals surface area contributed by atoms with E-state index in [4.69, 9.17) is 0 Å². The topological polar surface area (TPSA) is 43.9 Å². The van der Waals surface area contributed by atoms with Gasteiger partial charge in [0.1, 0.15) is 0 Å². The lowest BCUT2D eigenvalue weighted by molar-refractivity contribution is -0.137. The first-order chi connectivity index (χ1) is 14.0. The first-order valence-electron chi connectivity index (χ1n) is 10.4. The SMILES string of the molecule is CN(C)C(=O)c1cc2c(s1)CC[C@H](C(=O)N1CCN(Cc3ccccc3)CC1)C2. The van der Waals surface area contributed by atoms with Crippen LogP contribution in [0.4, 0.5) is 0 Å². The minimum absolute atomic E-state index is 0.0556. The minimum Gasteiger partial charge on any atom is -0.344 e. The molecule has 1 aliphatic carbocycles. The zero-order valence-corrected chi connectivity index (χ0v) is 18.1. The fourth-order valence-electron chi connectivity index (χ4n) is 4.29. The highest BCUT2D eigenvalue weighted by molar-refractivity contribution is 7.14. The number of nitrogens with zero attached hydrogens (tertiary/aromatic N) is 3. The molecule has 0 radical (unpaired) electrons. The second-order valence-corrected chi connectivity index (χ2v) is 9.42. The Balaban J connectivity index is 1.32. The van der Waals surface area contributed by atoms with E-state index >= 15 is 0 Å². The first kappa shape index (κ1) is 20.1. The Morgan fingerprint density at radius 3 is 2.52 bits per heavy atom. The van der Waals surface area contributed by atoms with Crippen molar-refractivity contribution in [2.45, 2.75) is 25.8 Å². The number of piperazine rings is 1. The molecule has 4 rings (SSSR count). The largest absolute Gasteiger partial charge is 0.344 e. The van der Waals surface area contributed by atoms with Gasteiger partial charge in [-0.05, 0) is 36.5 Å². The van der Waals surface area contributed by atoms with Gasteiger partial charge in [0.15, 0.2) is 0 Å². The lowest BCUT2D eigenvalue weighted by Crippen LogP contribution is -2.50. The van der Waals surface area contributed by atoms with Crippen LogP contribution in [0.5, 0.6) is 0 Å². The number of carbonyl (C=O) groups is 2. The van der Waals surface area contributed by atoms with E-state index in [0.29, 0.717) is 5.91 Å². The summed E-state index contributed by atoms with van der Waals surface area (Å²) >= 11 is 1.60. The molecule has 0 unspecified atom stereocenters. The third-order valence-corrected chi connectivity index (χ3v) is 7.21. The van der Waals surface area contributed by atoms with Crippen LogP contribution in [0.15, 0.2) is 36.4 Å². The number of carbonyl (C=O) groups excluding carboxylic acids is 2. The number of amides is 2. The number of hydrogen-bond donors (Lipinski definition) is 0. The molecule has 1 aromatic carbocycles. The zero-order valence-electron chi connectivity index (χ0n) is 17.3. The maximum absolute atomic E-state index is 13.1. The highest BCUT2D eigenvalue weighted by atomic mass is 32.1. The van der Waals surface area contributed by atoms with Crippen molar-refractivity contribution in [1.82, 2.24) is 14.7 Å². The monoisotopic (exact) mass is 411 g/mol. The van der Waals surface area contributed by atoms with Crippen LogP contribution in [0, 0.1) is 5.92 Å². The molecule has 1 aliphatic heterocycles. The molecule has 0 N–H and O–H groups in total. The minimum atomic E-state index is 0.0556. The number of thiophene rings is 1. The van der Waals surface area contributed by atoms with Gasteiger partial charge in [-0.25, -0.2) is 0 Å². The lowest BCUT2D eigenvalue weighted by Gasteiger charge is -2.37. The predicted octanol–water partition coefficient (Wildman–Crippen LogP) is 2.90. The van der Waals surface area contributed by atoms with E-state index in [9.17, 15) is 9.59 Å². The van der Waals surface area contributed by atoms with Gasteiger partial charge in [0.05, 0.1) is 4.88 Å². The van der Waals surface area contributed by atoms with E-state index in [-0.39, 0.29) is 11.8 Å². The standard InChI is InChI=1S/C23H29N3O2S/c1-24(2)23(28)21-15-19-14-18(8-9-20(19)29-21)22(27)26-12-10-25(11-13-26)16-17-6-4-3-5-7-17/h3-7,15,18H,8-14,16H2,1-2H3/t18-/m0/s1. The molecule has 2 aliphatic rings. The summed E-state index contributed by atoms with van der Waals surface area (Å²) in [6, 6.07) is 12.5. The average Bonchev–Trinajstić information content (AvgIpc) is 3.17. The Morgan fingerprint density at radius 1 is 1.10 bits per heavy atom. The predicted molar refractivity (Wildman–Crippen MR) is 116 cm³/mol. The quantitative estimate of drug-likeness (QED) is 0.777. The maximum Gasteiger partial charge on any atom is 0.263 e. The van der Waals surface area contributed by atoms with Crippen LogP contribution in [-0.4, -0.2) is 66.8 Å². The van der Waals surface area contributed by atoms with E-state index in [0.717, 1.165) is 56.9 Å². The van der Waals surface area contributed by atoms with Gasteiger partial charge in [0.2, 0.25) is 5.91 Å². The summed E-state index contributed by atoms with van der Waals surface area (Å²) in [4.78, 5) is 33.5. The molecule has 5 nitrogen and oxygen atoms in total. The van der Waals surface area contributed by atoms with Crippen molar-refractivity contribution >= 4 is 23.2 Å². The van der Waals surface area contributed by atoms with Crippen molar-refractivity contribution < 1.29 is 9.59 Å². The summed E-state index contributed by atoms with van der Waals surface area (Å²) in [6.07, 6.45) is 2.58. The number of fused-ring (bicyclic) bond motifs is 1. The van der Waals surface area contributed by atoms with Crippen molar-refractivity contribution in [3.63, 3.8) is 0 Å². The van der Waals surface area contributed by atoms with E-state index < -0.39 is 0 Å². The Labute approximate surface area is 176 Å².